The fraction of sp³-hybridized carbons (Fsp3) is 0.250. The van der Waals surface area contributed by atoms with Crippen LogP contribution >= 0.6 is 0 Å². The summed E-state index contributed by atoms with van der Waals surface area (Å²) in [4.78, 5) is 7.89. The molecule has 1 aromatic rings. The Hall–Kier alpha value is -1.23. The molecule has 5 heteroatoms. The number of sulfone groups is 1. The van der Waals surface area contributed by atoms with Gasteiger partial charge in [-0.15, -0.1) is 0 Å². The maximum Gasteiger partial charge on any atom is 0.177 e. The summed E-state index contributed by atoms with van der Waals surface area (Å²) >= 11 is 0. The number of hydrogen-bond acceptors (Lipinski definition) is 4. The van der Waals surface area contributed by atoms with E-state index in [4.69, 9.17) is 0 Å². The van der Waals surface area contributed by atoms with E-state index in [1.165, 1.54) is 12.3 Å². The highest BCUT2D eigenvalue weighted by Crippen LogP contribution is 2.05. The summed E-state index contributed by atoms with van der Waals surface area (Å²) in [6.07, 6.45) is 4.04. The molecular weight excluding hydrogens is 188 g/mol. The molecule has 0 unspecified atom stereocenters. The summed E-state index contributed by atoms with van der Waals surface area (Å²) in [5.41, 5.74) is 0.648. The van der Waals surface area contributed by atoms with E-state index in [0.717, 1.165) is 6.26 Å². The highest BCUT2D eigenvalue weighted by atomic mass is 32.2. The number of pyridine rings is 1. The van der Waals surface area contributed by atoms with Crippen molar-refractivity contribution in [2.24, 2.45) is 4.99 Å². The molecule has 1 rings (SSSR count). The van der Waals surface area contributed by atoms with Gasteiger partial charge in [-0.1, -0.05) is 0 Å². The van der Waals surface area contributed by atoms with Crippen LogP contribution in [0.4, 0.5) is 0 Å². The minimum absolute atomic E-state index is 0.223. The fourth-order valence-corrected chi connectivity index (χ4v) is 1.38. The Morgan fingerprint density at radius 2 is 2.15 bits per heavy atom. The van der Waals surface area contributed by atoms with Crippen LogP contribution in [0, 0.1) is 0 Å². The molecule has 0 atom stereocenters. The van der Waals surface area contributed by atoms with Crippen molar-refractivity contribution in [3.63, 3.8) is 0 Å². The van der Waals surface area contributed by atoms with Crippen LogP contribution in [0.25, 0.3) is 0 Å². The van der Waals surface area contributed by atoms with E-state index < -0.39 is 9.84 Å². The zero-order chi connectivity index (χ0) is 9.90. The maximum absolute atomic E-state index is 11.0. The molecule has 70 valence electrons. The SMILES string of the molecule is CN=Cc1ccc(S(C)(=O)=O)cn1. The van der Waals surface area contributed by atoms with Crippen molar-refractivity contribution in [3.8, 4) is 0 Å². The molecule has 0 amide bonds. The van der Waals surface area contributed by atoms with Crippen LogP contribution in [0.15, 0.2) is 28.2 Å². The van der Waals surface area contributed by atoms with Crippen LogP contribution in [0.2, 0.25) is 0 Å². The first kappa shape index (κ1) is 9.85. The van der Waals surface area contributed by atoms with Gasteiger partial charge in [-0.25, -0.2) is 8.42 Å². The fourth-order valence-electron chi connectivity index (χ4n) is 0.820. The van der Waals surface area contributed by atoms with Crippen LogP contribution < -0.4 is 0 Å². The van der Waals surface area contributed by atoms with Gasteiger partial charge < -0.3 is 0 Å². The van der Waals surface area contributed by atoms with E-state index >= 15 is 0 Å². The van der Waals surface area contributed by atoms with Gasteiger partial charge in [0.2, 0.25) is 0 Å². The Labute approximate surface area is 77.3 Å². The smallest absolute Gasteiger partial charge is 0.177 e. The molecule has 0 aliphatic rings. The number of rotatable bonds is 2. The minimum atomic E-state index is -3.14. The minimum Gasteiger partial charge on any atom is -0.294 e. The van der Waals surface area contributed by atoms with Crippen molar-refractivity contribution in [2.75, 3.05) is 13.3 Å². The Kier molecular flexibility index (Phi) is 2.77. The van der Waals surface area contributed by atoms with Gasteiger partial charge in [0.1, 0.15) is 0 Å². The summed E-state index contributed by atoms with van der Waals surface area (Å²) in [5, 5.41) is 0. The molecule has 0 aromatic carbocycles. The van der Waals surface area contributed by atoms with E-state index in [2.05, 4.69) is 9.98 Å². The summed E-state index contributed by atoms with van der Waals surface area (Å²) in [6, 6.07) is 3.13. The lowest BCUT2D eigenvalue weighted by atomic mass is 10.4. The number of hydrogen-bond donors (Lipinski definition) is 0. The lowest BCUT2D eigenvalue weighted by Gasteiger charge is -1.96. The van der Waals surface area contributed by atoms with Crippen LogP contribution in [0.5, 0.6) is 0 Å². The van der Waals surface area contributed by atoms with Crippen molar-refractivity contribution in [2.45, 2.75) is 4.90 Å². The first-order valence-corrected chi connectivity index (χ1v) is 5.51. The maximum atomic E-state index is 11.0. The zero-order valence-electron chi connectivity index (χ0n) is 7.43. The molecule has 0 radical (unpaired) electrons. The summed E-state index contributed by atoms with van der Waals surface area (Å²) in [6.45, 7) is 0. The van der Waals surface area contributed by atoms with E-state index in [1.54, 1.807) is 19.3 Å². The summed E-state index contributed by atoms with van der Waals surface area (Å²) < 4.78 is 22.1. The number of aromatic nitrogens is 1. The third kappa shape index (κ3) is 2.62. The molecule has 0 fully saturated rings. The second-order valence-electron chi connectivity index (χ2n) is 2.58. The molecule has 0 N–H and O–H groups in total. The Balaban J connectivity index is 3.08. The second-order valence-corrected chi connectivity index (χ2v) is 4.59. The van der Waals surface area contributed by atoms with Gasteiger partial charge in [0.25, 0.3) is 0 Å². The van der Waals surface area contributed by atoms with Gasteiger partial charge in [0.15, 0.2) is 9.84 Å². The average Bonchev–Trinajstić information content (AvgIpc) is 2.04. The van der Waals surface area contributed by atoms with Gasteiger partial charge in [-0.05, 0) is 12.1 Å². The van der Waals surface area contributed by atoms with Crippen molar-refractivity contribution < 1.29 is 8.42 Å². The van der Waals surface area contributed by atoms with Crippen LogP contribution in [-0.4, -0.2) is 32.9 Å². The molecule has 0 spiro atoms. The molecule has 0 saturated heterocycles. The highest BCUT2D eigenvalue weighted by molar-refractivity contribution is 7.90. The third-order valence-corrected chi connectivity index (χ3v) is 2.55. The average molecular weight is 198 g/mol. The lowest BCUT2D eigenvalue weighted by molar-refractivity contribution is 0.601. The number of aliphatic imine (C=N–C) groups is 1. The molecule has 0 aliphatic carbocycles. The summed E-state index contributed by atoms with van der Waals surface area (Å²) in [5.74, 6) is 0. The Morgan fingerprint density at radius 1 is 1.46 bits per heavy atom. The van der Waals surface area contributed by atoms with Gasteiger partial charge in [0.05, 0.1) is 10.6 Å². The monoisotopic (exact) mass is 198 g/mol. The first-order valence-electron chi connectivity index (χ1n) is 3.62. The standard InChI is InChI=1S/C8H10N2O2S/c1-9-5-7-3-4-8(6-10-7)13(2,11)12/h3-6H,1-2H3. The third-order valence-electron chi connectivity index (χ3n) is 1.45. The molecule has 0 bridgehead atoms. The highest BCUT2D eigenvalue weighted by Gasteiger charge is 2.05. The van der Waals surface area contributed by atoms with E-state index in [0.29, 0.717) is 5.69 Å². The lowest BCUT2D eigenvalue weighted by Crippen LogP contribution is -1.98. The van der Waals surface area contributed by atoms with Crippen molar-refractivity contribution in [1.82, 2.24) is 4.98 Å². The molecule has 1 aromatic heterocycles. The zero-order valence-corrected chi connectivity index (χ0v) is 8.25. The molecule has 4 nitrogen and oxygen atoms in total. The first-order chi connectivity index (χ1) is 6.04. The normalized spacial score (nSPS) is 12.2. The molecule has 0 aliphatic heterocycles. The predicted octanol–water partition coefficient (Wildman–Crippen LogP) is 0.534. The molecule has 13 heavy (non-hydrogen) atoms. The summed E-state index contributed by atoms with van der Waals surface area (Å²) in [7, 11) is -1.51. The quantitative estimate of drug-likeness (QED) is 0.651. The van der Waals surface area contributed by atoms with Gasteiger partial charge in [0, 0.05) is 25.7 Å². The number of nitrogens with zero attached hydrogens (tertiary/aromatic N) is 2. The van der Waals surface area contributed by atoms with Crippen molar-refractivity contribution in [3.05, 3.63) is 24.0 Å². The molecular formula is C8H10N2O2S. The van der Waals surface area contributed by atoms with Crippen molar-refractivity contribution in [1.29, 1.82) is 0 Å². The van der Waals surface area contributed by atoms with Gasteiger partial charge in [-0.3, -0.25) is 9.98 Å². The van der Waals surface area contributed by atoms with E-state index in [1.807, 2.05) is 0 Å². The van der Waals surface area contributed by atoms with Crippen LogP contribution in [0.1, 0.15) is 5.69 Å². The molecule has 0 saturated carbocycles. The second kappa shape index (κ2) is 3.66. The molecule has 1 heterocycles. The van der Waals surface area contributed by atoms with E-state index in [9.17, 15) is 8.42 Å². The van der Waals surface area contributed by atoms with Gasteiger partial charge in [-0.2, -0.15) is 0 Å². The Bertz CT molecular complexity index is 406. The van der Waals surface area contributed by atoms with E-state index in [-0.39, 0.29) is 4.90 Å². The largest absolute Gasteiger partial charge is 0.294 e. The predicted molar refractivity (Wildman–Crippen MR) is 50.9 cm³/mol. The Morgan fingerprint density at radius 3 is 2.54 bits per heavy atom. The van der Waals surface area contributed by atoms with Crippen molar-refractivity contribution >= 4 is 16.1 Å². The van der Waals surface area contributed by atoms with Gasteiger partial charge >= 0.3 is 0 Å². The van der Waals surface area contributed by atoms with Crippen LogP contribution in [-0.2, 0) is 9.84 Å². The topological polar surface area (TPSA) is 59.4 Å². The van der Waals surface area contributed by atoms with Crippen LogP contribution in [0.3, 0.4) is 0 Å².